The molecule has 3 N–H and O–H groups in total. The Morgan fingerprint density at radius 1 is 1.32 bits per heavy atom. The highest BCUT2D eigenvalue weighted by atomic mass is 32.2. The second kappa shape index (κ2) is 5.48. The normalized spacial score (nSPS) is 19.1. The lowest BCUT2D eigenvalue weighted by molar-refractivity contribution is 0.0300. The first-order valence-corrected chi connectivity index (χ1v) is 7.89. The van der Waals surface area contributed by atoms with Gasteiger partial charge in [0.15, 0.2) is 0 Å². The van der Waals surface area contributed by atoms with Crippen molar-refractivity contribution in [2.75, 3.05) is 25.1 Å². The van der Waals surface area contributed by atoms with Gasteiger partial charge < -0.3 is 10.1 Å². The van der Waals surface area contributed by atoms with Gasteiger partial charge in [-0.15, -0.1) is 0 Å². The van der Waals surface area contributed by atoms with E-state index in [1.54, 1.807) is 18.2 Å². The lowest BCUT2D eigenvalue weighted by Crippen LogP contribution is -2.33. The summed E-state index contributed by atoms with van der Waals surface area (Å²) in [7, 11) is -3.69. The molecule has 0 saturated carbocycles. The number of nitrogens with two attached hydrogens (primary N) is 1. The van der Waals surface area contributed by atoms with Gasteiger partial charge in [-0.1, -0.05) is 19.1 Å². The maximum Gasteiger partial charge on any atom is 0.240 e. The lowest BCUT2D eigenvalue weighted by atomic mass is 9.82. The van der Waals surface area contributed by atoms with Crippen LogP contribution in [-0.2, 0) is 14.8 Å². The van der Waals surface area contributed by atoms with E-state index in [4.69, 9.17) is 9.88 Å². The molecule has 0 unspecified atom stereocenters. The third-order valence-corrected chi connectivity index (χ3v) is 4.57. The molecule has 0 amide bonds. The summed E-state index contributed by atoms with van der Waals surface area (Å²) >= 11 is 0. The Hall–Kier alpha value is -1.11. The van der Waals surface area contributed by atoms with Crippen molar-refractivity contribution in [2.24, 2.45) is 10.6 Å². The number of para-hydroxylation sites is 1. The highest BCUT2D eigenvalue weighted by Gasteiger charge is 2.27. The predicted octanol–water partition coefficient (Wildman–Crippen LogP) is 1.56. The van der Waals surface area contributed by atoms with Gasteiger partial charge >= 0.3 is 0 Å². The van der Waals surface area contributed by atoms with E-state index in [1.807, 2.05) is 0 Å². The first-order chi connectivity index (χ1) is 8.91. The van der Waals surface area contributed by atoms with Gasteiger partial charge in [0.05, 0.1) is 5.69 Å². The number of nitrogens with one attached hydrogen (secondary N) is 1. The molecule has 1 saturated heterocycles. The smallest absolute Gasteiger partial charge is 0.240 e. The minimum Gasteiger partial charge on any atom is -0.383 e. The van der Waals surface area contributed by atoms with Crippen molar-refractivity contribution >= 4 is 15.7 Å². The molecule has 0 atom stereocenters. The molecule has 19 heavy (non-hydrogen) atoms. The van der Waals surface area contributed by atoms with E-state index in [-0.39, 0.29) is 10.3 Å². The average Bonchev–Trinajstić information content (AvgIpc) is 2.37. The van der Waals surface area contributed by atoms with Gasteiger partial charge in [-0.05, 0) is 30.4 Å². The first kappa shape index (κ1) is 14.3. The summed E-state index contributed by atoms with van der Waals surface area (Å²) in [4.78, 5) is 0.144. The van der Waals surface area contributed by atoms with Gasteiger partial charge in [-0.3, -0.25) is 0 Å². The van der Waals surface area contributed by atoms with Crippen LogP contribution in [0.4, 0.5) is 5.69 Å². The molecule has 106 valence electrons. The molecule has 1 aromatic rings. The van der Waals surface area contributed by atoms with Crippen LogP contribution in [0.15, 0.2) is 29.2 Å². The van der Waals surface area contributed by atoms with E-state index < -0.39 is 10.0 Å². The summed E-state index contributed by atoms with van der Waals surface area (Å²) in [5.41, 5.74) is 0.696. The highest BCUT2D eigenvalue weighted by molar-refractivity contribution is 7.89. The van der Waals surface area contributed by atoms with E-state index >= 15 is 0 Å². The number of hydrogen-bond donors (Lipinski definition) is 2. The number of sulfonamides is 1. The molecule has 0 spiro atoms. The molecule has 0 aliphatic carbocycles. The Kier molecular flexibility index (Phi) is 4.13. The molecule has 5 nitrogen and oxygen atoms in total. The van der Waals surface area contributed by atoms with Crippen molar-refractivity contribution < 1.29 is 13.2 Å². The molecule has 0 bridgehead atoms. The zero-order chi connectivity index (χ0) is 13.9. The third kappa shape index (κ3) is 3.68. The van der Waals surface area contributed by atoms with Crippen molar-refractivity contribution in [3.63, 3.8) is 0 Å². The number of primary sulfonamides is 1. The van der Waals surface area contributed by atoms with Gasteiger partial charge in [0.25, 0.3) is 0 Å². The van der Waals surface area contributed by atoms with E-state index in [9.17, 15) is 8.42 Å². The summed E-state index contributed by atoms with van der Waals surface area (Å²) in [6.07, 6.45) is 1.94. The number of ether oxygens (including phenoxy) is 1. The van der Waals surface area contributed by atoms with Crippen molar-refractivity contribution in [3.05, 3.63) is 24.3 Å². The molecule has 1 heterocycles. The first-order valence-electron chi connectivity index (χ1n) is 6.34. The number of rotatable bonds is 4. The van der Waals surface area contributed by atoms with Crippen molar-refractivity contribution in [1.29, 1.82) is 0 Å². The molecule has 6 heteroatoms. The molecule has 2 rings (SSSR count). The molecular weight excluding hydrogens is 264 g/mol. The third-order valence-electron chi connectivity index (χ3n) is 3.60. The molecule has 1 aliphatic heterocycles. The lowest BCUT2D eigenvalue weighted by Gasteiger charge is -2.34. The van der Waals surface area contributed by atoms with Crippen LogP contribution in [0.25, 0.3) is 0 Å². The molecule has 0 radical (unpaired) electrons. The van der Waals surface area contributed by atoms with Crippen molar-refractivity contribution in [2.45, 2.75) is 24.7 Å². The molecular formula is C13H20N2O3S. The summed E-state index contributed by atoms with van der Waals surface area (Å²) < 4.78 is 28.4. The second-order valence-corrected chi connectivity index (χ2v) is 6.85. The summed E-state index contributed by atoms with van der Waals surface area (Å²) in [5, 5.41) is 8.43. The Balaban J connectivity index is 2.12. The van der Waals surface area contributed by atoms with Crippen molar-refractivity contribution in [1.82, 2.24) is 0 Å². The molecule has 1 aliphatic rings. The standard InChI is InChI=1S/C13H20N2O3S/c1-13(6-8-18-9-7-13)10-15-11-4-2-3-5-12(11)19(14,16)17/h2-5,15H,6-10H2,1H3,(H2,14,16,17). The quantitative estimate of drug-likeness (QED) is 0.879. The molecule has 1 aromatic carbocycles. The number of benzene rings is 1. The maximum absolute atomic E-state index is 11.5. The monoisotopic (exact) mass is 284 g/mol. The Morgan fingerprint density at radius 3 is 2.58 bits per heavy atom. The van der Waals surface area contributed by atoms with E-state index in [2.05, 4.69) is 12.2 Å². The Labute approximate surface area is 114 Å². The summed E-state index contributed by atoms with van der Waals surface area (Å²) in [5.74, 6) is 0. The van der Waals surface area contributed by atoms with Crippen LogP contribution < -0.4 is 10.5 Å². The predicted molar refractivity (Wildman–Crippen MR) is 74.5 cm³/mol. The number of hydrogen-bond acceptors (Lipinski definition) is 4. The van der Waals surface area contributed by atoms with Crippen LogP contribution in [0.5, 0.6) is 0 Å². The molecule has 0 aromatic heterocycles. The minimum atomic E-state index is -3.69. The van der Waals surface area contributed by atoms with Gasteiger partial charge in [0.2, 0.25) is 10.0 Å². The average molecular weight is 284 g/mol. The topological polar surface area (TPSA) is 81.4 Å². The Morgan fingerprint density at radius 2 is 1.95 bits per heavy atom. The fourth-order valence-corrected chi connectivity index (χ4v) is 2.93. The second-order valence-electron chi connectivity index (χ2n) is 5.32. The van der Waals surface area contributed by atoms with E-state index in [0.29, 0.717) is 12.2 Å². The fourth-order valence-electron chi connectivity index (χ4n) is 2.21. The number of anilines is 1. The van der Waals surface area contributed by atoms with Crippen LogP contribution in [0, 0.1) is 5.41 Å². The van der Waals surface area contributed by atoms with Crippen LogP contribution in [0.3, 0.4) is 0 Å². The Bertz CT molecular complexity index is 537. The largest absolute Gasteiger partial charge is 0.383 e. The van der Waals surface area contributed by atoms with Gasteiger partial charge in [-0.25, -0.2) is 13.6 Å². The molecule has 1 fully saturated rings. The zero-order valence-electron chi connectivity index (χ0n) is 11.1. The highest BCUT2D eigenvalue weighted by Crippen LogP contribution is 2.30. The van der Waals surface area contributed by atoms with Crippen molar-refractivity contribution in [3.8, 4) is 0 Å². The van der Waals surface area contributed by atoms with Crippen LogP contribution in [0.1, 0.15) is 19.8 Å². The van der Waals surface area contributed by atoms with E-state index in [0.717, 1.165) is 26.1 Å². The SMILES string of the molecule is CC1(CNc2ccccc2S(N)(=O)=O)CCOCC1. The zero-order valence-corrected chi connectivity index (χ0v) is 11.9. The van der Waals surface area contributed by atoms with Gasteiger partial charge in [-0.2, -0.15) is 0 Å². The summed E-state index contributed by atoms with van der Waals surface area (Å²) in [6, 6.07) is 6.72. The van der Waals surface area contributed by atoms with Crippen LogP contribution in [-0.4, -0.2) is 28.2 Å². The van der Waals surface area contributed by atoms with Crippen LogP contribution in [0.2, 0.25) is 0 Å². The van der Waals surface area contributed by atoms with E-state index in [1.165, 1.54) is 6.07 Å². The van der Waals surface area contributed by atoms with Gasteiger partial charge in [0.1, 0.15) is 4.90 Å². The van der Waals surface area contributed by atoms with Crippen LogP contribution >= 0.6 is 0 Å². The fraction of sp³-hybridized carbons (Fsp3) is 0.538. The minimum absolute atomic E-state index is 0.129. The van der Waals surface area contributed by atoms with Gasteiger partial charge in [0, 0.05) is 19.8 Å². The summed E-state index contributed by atoms with van der Waals surface area (Å²) in [6.45, 7) is 4.41. The maximum atomic E-state index is 11.5.